The molecule has 0 atom stereocenters. The summed E-state index contributed by atoms with van der Waals surface area (Å²) in [4.78, 5) is 14.0. The van der Waals surface area contributed by atoms with Crippen LogP contribution in [-0.4, -0.2) is 20.9 Å². The molecular formula is C22H19FN4O. The van der Waals surface area contributed by atoms with E-state index in [-0.39, 0.29) is 11.7 Å². The highest BCUT2D eigenvalue weighted by Gasteiger charge is 2.12. The summed E-state index contributed by atoms with van der Waals surface area (Å²) in [6, 6.07) is 17.2. The van der Waals surface area contributed by atoms with Gasteiger partial charge in [-0.15, -0.1) is 10.2 Å². The number of halogens is 1. The standard InChI is InChI=1S/C22H19FN4O/c1-3-15-4-6-16(7-5-15)22(28)24-19-13-21-20(12-14(19)2)25-27(26-21)18-10-8-17(23)9-11-18/h4-13H,3H2,1-2H3,(H,24,28). The van der Waals surface area contributed by atoms with E-state index in [9.17, 15) is 9.18 Å². The van der Waals surface area contributed by atoms with Crippen molar-refractivity contribution >= 4 is 22.6 Å². The van der Waals surface area contributed by atoms with Crippen LogP contribution in [0.25, 0.3) is 16.7 Å². The lowest BCUT2D eigenvalue weighted by atomic mass is 10.1. The lowest BCUT2D eigenvalue weighted by Crippen LogP contribution is -2.12. The van der Waals surface area contributed by atoms with Crippen molar-refractivity contribution in [2.45, 2.75) is 20.3 Å². The number of hydrogen-bond acceptors (Lipinski definition) is 3. The molecule has 0 spiro atoms. The first kappa shape index (κ1) is 17.9. The van der Waals surface area contributed by atoms with Crippen molar-refractivity contribution in [2.24, 2.45) is 0 Å². The summed E-state index contributed by atoms with van der Waals surface area (Å²) in [6.45, 7) is 3.99. The van der Waals surface area contributed by atoms with Gasteiger partial charge in [0.05, 0.1) is 5.69 Å². The van der Waals surface area contributed by atoms with E-state index in [0.717, 1.165) is 12.0 Å². The summed E-state index contributed by atoms with van der Waals surface area (Å²) in [7, 11) is 0. The van der Waals surface area contributed by atoms with Gasteiger partial charge in [0.2, 0.25) is 0 Å². The van der Waals surface area contributed by atoms with E-state index < -0.39 is 0 Å². The molecule has 1 heterocycles. The molecule has 4 rings (SSSR count). The van der Waals surface area contributed by atoms with Crippen molar-refractivity contribution in [2.75, 3.05) is 5.32 Å². The minimum Gasteiger partial charge on any atom is -0.322 e. The molecule has 0 radical (unpaired) electrons. The van der Waals surface area contributed by atoms with E-state index in [0.29, 0.717) is 28.0 Å². The fourth-order valence-electron chi connectivity index (χ4n) is 2.98. The van der Waals surface area contributed by atoms with Crippen molar-refractivity contribution in [3.8, 4) is 5.69 Å². The van der Waals surface area contributed by atoms with Gasteiger partial charge in [-0.25, -0.2) is 4.39 Å². The fourth-order valence-corrected chi connectivity index (χ4v) is 2.98. The maximum absolute atomic E-state index is 13.1. The van der Waals surface area contributed by atoms with Crippen molar-refractivity contribution in [3.63, 3.8) is 0 Å². The van der Waals surface area contributed by atoms with Crippen LogP contribution in [0.3, 0.4) is 0 Å². The second-order valence-corrected chi connectivity index (χ2v) is 6.63. The molecule has 1 aromatic heterocycles. The smallest absolute Gasteiger partial charge is 0.255 e. The predicted molar refractivity (Wildman–Crippen MR) is 107 cm³/mol. The maximum atomic E-state index is 13.1. The number of fused-ring (bicyclic) bond motifs is 1. The molecule has 0 aliphatic carbocycles. The van der Waals surface area contributed by atoms with Crippen molar-refractivity contribution in [1.29, 1.82) is 0 Å². The maximum Gasteiger partial charge on any atom is 0.255 e. The summed E-state index contributed by atoms with van der Waals surface area (Å²) in [5.41, 5.74) is 5.37. The number of aryl methyl sites for hydroxylation is 2. The third-order valence-corrected chi connectivity index (χ3v) is 4.66. The highest BCUT2D eigenvalue weighted by Crippen LogP contribution is 2.23. The van der Waals surface area contributed by atoms with E-state index >= 15 is 0 Å². The molecule has 0 aliphatic heterocycles. The van der Waals surface area contributed by atoms with Gasteiger partial charge in [0.1, 0.15) is 16.9 Å². The summed E-state index contributed by atoms with van der Waals surface area (Å²) in [5.74, 6) is -0.482. The molecule has 1 amide bonds. The van der Waals surface area contributed by atoms with Crippen LogP contribution in [0.5, 0.6) is 0 Å². The number of nitrogens with zero attached hydrogens (tertiary/aromatic N) is 3. The minimum absolute atomic E-state index is 0.170. The number of aromatic nitrogens is 3. The third-order valence-electron chi connectivity index (χ3n) is 4.66. The van der Waals surface area contributed by atoms with Gasteiger partial charge in [0.25, 0.3) is 5.91 Å². The summed E-state index contributed by atoms with van der Waals surface area (Å²) < 4.78 is 13.1. The van der Waals surface area contributed by atoms with Crippen LogP contribution < -0.4 is 5.32 Å². The van der Waals surface area contributed by atoms with Gasteiger partial charge in [-0.2, -0.15) is 4.80 Å². The first-order valence-electron chi connectivity index (χ1n) is 9.07. The Kier molecular flexibility index (Phi) is 4.61. The Morgan fingerprint density at radius 1 is 1.00 bits per heavy atom. The number of hydrogen-bond donors (Lipinski definition) is 1. The van der Waals surface area contributed by atoms with Crippen molar-refractivity contribution in [3.05, 3.63) is 83.2 Å². The average Bonchev–Trinajstić information content (AvgIpc) is 3.11. The zero-order valence-corrected chi connectivity index (χ0v) is 15.6. The topological polar surface area (TPSA) is 59.8 Å². The second-order valence-electron chi connectivity index (χ2n) is 6.63. The summed E-state index contributed by atoms with van der Waals surface area (Å²) in [6.07, 6.45) is 0.932. The number of carbonyl (C=O) groups is 1. The Balaban J connectivity index is 1.62. The molecule has 28 heavy (non-hydrogen) atoms. The third kappa shape index (κ3) is 3.49. The molecule has 140 valence electrons. The van der Waals surface area contributed by atoms with Crippen LogP contribution in [0.4, 0.5) is 10.1 Å². The van der Waals surface area contributed by atoms with Gasteiger partial charge in [-0.05, 0) is 73.0 Å². The Morgan fingerprint density at radius 3 is 2.29 bits per heavy atom. The average molecular weight is 374 g/mol. The molecule has 1 N–H and O–H groups in total. The molecule has 0 saturated carbocycles. The molecule has 4 aromatic rings. The van der Waals surface area contributed by atoms with Crippen LogP contribution in [-0.2, 0) is 6.42 Å². The lowest BCUT2D eigenvalue weighted by Gasteiger charge is -2.08. The number of rotatable bonds is 4. The van der Waals surface area contributed by atoms with E-state index in [4.69, 9.17) is 0 Å². The zero-order chi connectivity index (χ0) is 19.7. The van der Waals surface area contributed by atoms with Gasteiger partial charge < -0.3 is 5.32 Å². The van der Waals surface area contributed by atoms with Gasteiger partial charge in [-0.3, -0.25) is 4.79 Å². The Hall–Kier alpha value is -3.54. The molecule has 0 saturated heterocycles. The monoisotopic (exact) mass is 374 g/mol. The van der Waals surface area contributed by atoms with Gasteiger partial charge in [-0.1, -0.05) is 19.1 Å². The first-order valence-corrected chi connectivity index (χ1v) is 9.07. The molecule has 5 nitrogen and oxygen atoms in total. The van der Waals surface area contributed by atoms with Gasteiger partial charge in [0.15, 0.2) is 0 Å². The summed E-state index contributed by atoms with van der Waals surface area (Å²) >= 11 is 0. The molecule has 6 heteroatoms. The largest absolute Gasteiger partial charge is 0.322 e. The number of amides is 1. The number of nitrogens with one attached hydrogen (secondary N) is 1. The van der Waals surface area contributed by atoms with Crippen molar-refractivity contribution < 1.29 is 9.18 Å². The SMILES string of the molecule is CCc1ccc(C(=O)Nc2cc3nn(-c4ccc(F)cc4)nc3cc2C)cc1. The van der Waals surface area contributed by atoms with Gasteiger partial charge >= 0.3 is 0 Å². The Labute approximate surface area is 161 Å². The van der Waals surface area contributed by atoms with Crippen LogP contribution in [0.15, 0.2) is 60.7 Å². The fraction of sp³-hybridized carbons (Fsp3) is 0.136. The zero-order valence-electron chi connectivity index (χ0n) is 15.6. The lowest BCUT2D eigenvalue weighted by molar-refractivity contribution is 0.102. The molecule has 0 bridgehead atoms. The molecule has 0 aliphatic rings. The highest BCUT2D eigenvalue weighted by atomic mass is 19.1. The van der Waals surface area contributed by atoms with Crippen LogP contribution in [0.2, 0.25) is 0 Å². The number of carbonyl (C=O) groups excluding carboxylic acids is 1. The number of benzene rings is 3. The van der Waals surface area contributed by atoms with Crippen LogP contribution in [0, 0.1) is 12.7 Å². The normalized spacial score (nSPS) is 11.0. The van der Waals surface area contributed by atoms with Crippen LogP contribution >= 0.6 is 0 Å². The van der Waals surface area contributed by atoms with Crippen LogP contribution in [0.1, 0.15) is 28.4 Å². The quantitative estimate of drug-likeness (QED) is 0.564. The van der Waals surface area contributed by atoms with E-state index in [2.05, 4.69) is 22.4 Å². The van der Waals surface area contributed by atoms with Crippen molar-refractivity contribution in [1.82, 2.24) is 15.0 Å². The highest BCUT2D eigenvalue weighted by molar-refractivity contribution is 6.05. The summed E-state index contributed by atoms with van der Waals surface area (Å²) in [5, 5.41) is 11.8. The number of anilines is 1. The second kappa shape index (κ2) is 7.23. The molecule has 0 fully saturated rings. The van der Waals surface area contributed by atoms with E-state index in [1.165, 1.54) is 22.5 Å². The van der Waals surface area contributed by atoms with E-state index in [1.807, 2.05) is 37.3 Å². The predicted octanol–water partition coefficient (Wildman–Crippen LogP) is 4.68. The molecule has 0 unspecified atom stereocenters. The first-order chi connectivity index (χ1) is 13.5. The van der Waals surface area contributed by atoms with E-state index in [1.54, 1.807) is 18.2 Å². The Bertz CT molecular complexity index is 1150. The molecule has 3 aromatic carbocycles. The Morgan fingerprint density at radius 2 is 1.64 bits per heavy atom. The van der Waals surface area contributed by atoms with Gasteiger partial charge in [0, 0.05) is 11.3 Å². The minimum atomic E-state index is -0.312. The molecular weight excluding hydrogens is 355 g/mol.